The summed E-state index contributed by atoms with van der Waals surface area (Å²) in [6, 6.07) is 1.53. The normalized spacial score (nSPS) is 9.64. The fraction of sp³-hybridized carbons (Fsp3) is 0.333. The molecule has 0 aliphatic heterocycles. The first-order valence-electron chi connectivity index (χ1n) is 3.03. The second-order valence-corrected chi connectivity index (χ2v) is 2.80. The van der Waals surface area contributed by atoms with E-state index in [2.05, 4.69) is 14.4 Å². The lowest BCUT2D eigenvalue weighted by molar-refractivity contribution is 0.0514. The number of esters is 1. The van der Waals surface area contributed by atoms with Crippen LogP contribution in [0.3, 0.4) is 0 Å². The number of ether oxygens (including phenoxy) is 1. The number of halogens is 1. The van der Waals surface area contributed by atoms with Gasteiger partial charge in [-0.3, -0.25) is 0 Å². The molecule has 0 amide bonds. The fourth-order valence-electron chi connectivity index (χ4n) is 0.554. The Kier molecular flexibility index (Phi) is 2.86. The van der Waals surface area contributed by atoms with Crippen molar-refractivity contribution in [2.24, 2.45) is 0 Å². The number of hydrogen-bond acceptors (Lipinski definition) is 4. The zero-order chi connectivity index (χ0) is 8.27. The van der Waals surface area contributed by atoms with E-state index in [1.54, 1.807) is 6.92 Å². The maximum Gasteiger partial charge on any atom is 0.360 e. The van der Waals surface area contributed by atoms with E-state index < -0.39 is 5.97 Å². The van der Waals surface area contributed by atoms with Gasteiger partial charge in [-0.15, -0.1) is 0 Å². The van der Waals surface area contributed by atoms with Crippen LogP contribution in [0.1, 0.15) is 17.4 Å². The highest BCUT2D eigenvalue weighted by atomic mass is 127. The van der Waals surface area contributed by atoms with Gasteiger partial charge >= 0.3 is 5.97 Å². The molecule has 0 aromatic carbocycles. The predicted molar refractivity (Wildman–Crippen MR) is 45.2 cm³/mol. The van der Waals surface area contributed by atoms with Crippen LogP contribution < -0.4 is 0 Å². The Hall–Kier alpha value is -0.590. The van der Waals surface area contributed by atoms with E-state index in [1.807, 2.05) is 22.6 Å². The minimum absolute atomic E-state index is 0.219. The number of rotatable bonds is 2. The number of nitrogens with zero attached hydrogens (tertiary/aromatic N) is 1. The maximum absolute atomic E-state index is 10.9. The monoisotopic (exact) mass is 267 g/mol. The highest BCUT2D eigenvalue weighted by molar-refractivity contribution is 14.1. The van der Waals surface area contributed by atoms with Gasteiger partial charge in [-0.05, 0) is 6.92 Å². The predicted octanol–water partition coefficient (Wildman–Crippen LogP) is 1.46. The molecule has 0 aliphatic rings. The van der Waals surface area contributed by atoms with Crippen molar-refractivity contribution in [2.75, 3.05) is 6.61 Å². The van der Waals surface area contributed by atoms with Crippen LogP contribution in [0.4, 0.5) is 0 Å². The molecule has 60 valence electrons. The van der Waals surface area contributed by atoms with Gasteiger partial charge in [-0.2, -0.15) is 0 Å². The SMILES string of the molecule is CCOC(=O)c1cc(I)on1. The van der Waals surface area contributed by atoms with Gasteiger partial charge in [0, 0.05) is 28.7 Å². The van der Waals surface area contributed by atoms with Crippen LogP contribution >= 0.6 is 22.6 Å². The summed E-state index contributed by atoms with van der Waals surface area (Å²) in [6.07, 6.45) is 0. The molecule has 1 rings (SSSR count). The molecule has 0 bridgehead atoms. The molecule has 0 spiro atoms. The van der Waals surface area contributed by atoms with Crippen molar-refractivity contribution in [1.82, 2.24) is 5.16 Å². The number of carbonyl (C=O) groups excluding carboxylic acids is 1. The Morgan fingerprint density at radius 3 is 3.09 bits per heavy atom. The van der Waals surface area contributed by atoms with Gasteiger partial charge in [0.05, 0.1) is 6.61 Å². The van der Waals surface area contributed by atoms with E-state index in [0.717, 1.165) is 0 Å². The van der Waals surface area contributed by atoms with Gasteiger partial charge in [0.25, 0.3) is 0 Å². The van der Waals surface area contributed by atoms with Crippen molar-refractivity contribution in [2.45, 2.75) is 6.92 Å². The first-order valence-corrected chi connectivity index (χ1v) is 4.11. The summed E-state index contributed by atoms with van der Waals surface area (Å²) in [5.74, 6) is -0.445. The Balaban J connectivity index is 2.69. The first-order chi connectivity index (χ1) is 5.24. The Morgan fingerprint density at radius 2 is 2.64 bits per heavy atom. The Bertz CT molecular complexity index is 258. The molecule has 1 aromatic heterocycles. The van der Waals surface area contributed by atoms with Crippen molar-refractivity contribution in [3.05, 3.63) is 15.5 Å². The third kappa shape index (κ3) is 2.18. The highest BCUT2D eigenvalue weighted by Crippen LogP contribution is 2.06. The molecule has 5 heteroatoms. The zero-order valence-corrected chi connectivity index (χ0v) is 7.99. The number of aromatic nitrogens is 1. The van der Waals surface area contributed by atoms with Gasteiger partial charge in [0.2, 0.25) is 0 Å². The topological polar surface area (TPSA) is 52.3 Å². The lowest BCUT2D eigenvalue weighted by Crippen LogP contribution is -2.04. The Morgan fingerprint density at radius 1 is 1.91 bits per heavy atom. The van der Waals surface area contributed by atoms with Crippen LogP contribution in [0.15, 0.2) is 10.6 Å². The van der Waals surface area contributed by atoms with Crippen LogP contribution in [0.25, 0.3) is 0 Å². The van der Waals surface area contributed by atoms with Gasteiger partial charge < -0.3 is 9.26 Å². The van der Waals surface area contributed by atoms with E-state index in [9.17, 15) is 4.79 Å². The van der Waals surface area contributed by atoms with Crippen molar-refractivity contribution in [3.8, 4) is 0 Å². The van der Waals surface area contributed by atoms with E-state index in [4.69, 9.17) is 0 Å². The summed E-state index contributed by atoms with van der Waals surface area (Å²) in [5, 5.41) is 3.48. The molecule has 1 heterocycles. The molecule has 11 heavy (non-hydrogen) atoms. The molecule has 1 aromatic rings. The smallest absolute Gasteiger partial charge is 0.360 e. The summed E-state index contributed by atoms with van der Waals surface area (Å²) < 4.78 is 9.92. The molecule has 0 unspecified atom stereocenters. The molecular formula is C6H6INO3. The Labute approximate surface area is 77.0 Å². The van der Waals surface area contributed by atoms with E-state index in [1.165, 1.54) is 6.07 Å². The molecule has 0 N–H and O–H groups in total. The van der Waals surface area contributed by atoms with E-state index in [-0.39, 0.29) is 5.69 Å². The summed E-state index contributed by atoms with van der Waals surface area (Å²) in [4.78, 5) is 10.9. The van der Waals surface area contributed by atoms with E-state index >= 15 is 0 Å². The second-order valence-electron chi connectivity index (χ2n) is 1.74. The number of hydrogen-bond donors (Lipinski definition) is 0. The van der Waals surface area contributed by atoms with Crippen LogP contribution in [0, 0.1) is 3.77 Å². The van der Waals surface area contributed by atoms with Crippen molar-refractivity contribution < 1.29 is 14.1 Å². The highest BCUT2D eigenvalue weighted by Gasteiger charge is 2.11. The molecule has 0 atom stereocenters. The van der Waals surface area contributed by atoms with E-state index in [0.29, 0.717) is 10.4 Å². The third-order valence-electron chi connectivity index (χ3n) is 0.966. The minimum Gasteiger partial charge on any atom is -0.461 e. The summed E-state index contributed by atoms with van der Waals surface area (Å²) in [6.45, 7) is 2.09. The largest absolute Gasteiger partial charge is 0.461 e. The van der Waals surface area contributed by atoms with Gasteiger partial charge in [0.1, 0.15) is 0 Å². The standard InChI is InChI=1S/C6H6INO3/c1-2-10-6(9)4-3-5(7)11-8-4/h3H,2H2,1H3. The first kappa shape index (κ1) is 8.51. The molecular weight excluding hydrogens is 261 g/mol. The average Bonchev–Trinajstić information content (AvgIpc) is 2.36. The van der Waals surface area contributed by atoms with Crippen LogP contribution in [-0.2, 0) is 4.74 Å². The molecule has 0 aliphatic carbocycles. The second kappa shape index (κ2) is 3.70. The van der Waals surface area contributed by atoms with Crippen molar-refractivity contribution in [3.63, 3.8) is 0 Å². The minimum atomic E-state index is -0.445. The van der Waals surface area contributed by atoms with Crippen molar-refractivity contribution in [1.29, 1.82) is 0 Å². The third-order valence-corrected chi connectivity index (χ3v) is 1.47. The molecule has 4 nitrogen and oxygen atoms in total. The van der Waals surface area contributed by atoms with Crippen LogP contribution in [0.2, 0.25) is 0 Å². The zero-order valence-electron chi connectivity index (χ0n) is 5.83. The van der Waals surface area contributed by atoms with Gasteiger partial charge in [0.15, 0.2) is 9.46 Å². The molecule has 0 fully saturated rings. The quantitative estimate of drug-likeness (QED) is 0.601. The maximum atomic E-state index is 10.9. The summed E-state index contributed by atoms with van der Waals surface area (Å²) in [7, 11) is 0. The molecule has 0 saturated carbocycles. The summed E-state index contributed by atoms with van der Waals surface area (Å²) in [5.41, 5.74) is 0.219. The van der Waals surface area contributed by atoms with Crippen molar-refractivity contribution >= 4 is 28.6 Å². The average molecular weight is 267 g/mol. The van der Waals surface area contributed by atoms with Gasteiger partial charge in [-0.1, -0.05) is 5.16 Å². The summed E-state index contributed by atoms with van der Waals surface area (Å²) >= 11 is 1.93. The molecule has 0 saturated heterocycles. The van der Waals surface area contributed by atoms with Crippen LogP contribution in [0.5, 0.6) is 0 Å². The number of carbonyl (C=O) groups is 1. The van der Waals surface area contributed by atoms with Crippen LogP contribution in [-0.4, -0.2) is 17.7 Å². The fourth-order valence-corrected chi connectivity index (χ4v) is 0.948. The van der Waals surface area contributed by atoms with Gasteiger partial charge in [-0.25, -0.2) is 4.79 Å². The lowest BCUT2D eigenvalue weighted by Gasteiger charge is -1.93. The lowest BCUT2D eigenvalue weighted by atomic mass is 10.4. The molecule has 0 radical (unpaired) electrons.